The van der Waals surface area contributed by atoms with Gasteiger partial charge in [-0.05, 0) is 56.0 Å². The molecule has 0 saturated heterocycles. The molecule has 3 aliphatic rings. The first-order valence-electron chi connectivity index (χ1n) is 10.8. The van der Waals surface area contributed by atoms with Crippen molar-refractivity contribution in [1.82, 2.24) is 9.55 Å². The first-order chi connectivity index (χ1) is 13.7. The van der Waals surface area contributed by atoms with Crippen LogP contribution in [-0.2, 0) is 11.8 Å². The average molecular weight is 370 g/mol. The van der Waals surface area contributed by atoms with E-state index in [4.69, 9.17) is 4.98 Å². The summed E-state index contributed by atoms with van der Waals surface area (Å²) in [7, 11) is 0. The van der Waals surface area contributed by atoms with Crippen LogP contribution in [0.3, 0.4) is 0 Å². The molecule has 142 valence electrons. The molecule has 1 atom stereocenters. The number of nitrogens with zero attached hydrogens (tertiary/aromatic N) is 3. The van der Waals surface area contributed by atoms with E-state index in [1.54, 1.807) is 5.56 Å². The Morgan fingerprint density at radius 1 is 1.04 bits per heavy atom. The zero-order valence-corrected chi connectivity index (χ0v) is 16.8. The molecule has 1 aromatic heterocycles. The largest absolute Gasteiger partial charge is 0.337 e. The average Bonchev–Trinajstić information content (AvgIpc) is 3.36. The topological polar surface area (TPSA) is 21.1 Å². The lowest BCUT2D eigenvalue weighted by molar-refractivity contribution is 0.268. The third-order valence-corrected chi connectivity index (χ3v) is 7.53. The van der Waals surface area contributed by atoms with E-state index in [0.29, 0.717) is 11.5 Å². The summed E-state index contributed by atoms with van der Waals surface area (Å²) in [6.45, 7) is 4.70. The number of aryl methyl sites for hydroxylation is 1. The van der Waals surface area contributed by atoms with Gasteiger partial charge in [-0.25, -0.2) is 4.98 Å². The lowest BCUT2D eigenvalue weighted by atomic mass is 9.67. The van der Waals surface area contributed by atoms with E-state index < -0.39 is 0 Å². The Balaban J connectivity index is 1.57. The molecule has 2 aromatic carbocycles. The third-order valence-electron chi connectivity index (χ3n) is 7.53. The quantitative estimate of drug-likeness (QED) is 0.516. The van der Waals surface area contributed by atoms with Crippen molar-refractivity contribution in [1.29, 1.82) is 0 Å². The summed E-state index contributed by atoms with van der Waals surface area (Å²) in [5.41, 5.74) is 8.30. The molecule has 0 N–H and O–H groups in total. The number of hydrogen-bond acceptors (Lipinski definition) is 2. The molecule has 0 radical (unpaired) electrons. The fourth-order valence-electron chi connectivity index (χ4n) is 6.11. The van der Waals surface area contributed by atoms with E-state index >= 15 is 0 Å². The van der Waals surface area contributed by atoms with E-state index in [-0.39, 0.29) is 0 Å². The van der Waals surface area contributed by atoms with Gasteiger partial charge in [-0.2, -0.15) is 0 Å². The number of fused-ring (bicyclic) bond motifs is 5. The minimum Gasteiger partial charge on any atom is -0.337 e. The smallest absolute Gasteiger partial charge is 0.117 e. The Morgan fingerprint density at radius 3 is 2.71 bits per heavy atom. The molecule has 6 rings (SSSR count). The fourth-order valence-corrected chi connectivity index (χ4v) is 6.11. The number of rotatable bonds is 1. The summed E-state index contributed by atoms with van der Waals surface area (Å²) in [4.78, 5) is 7.48. The predicted molar refractivity (Wildman–Crippen MR) is 116 cm³/mol. The normalized spacial score (nSPS) is 22.2. The van der Waals surface area contributed by atoms with Gasteiger partial charge in [-0.1, -0.05) is 43.5 Å². The molecule has 28 heavy (non-hydrogen) atoms. The van der Waals surface area contributed by atoms with Gasteiger partial charge in [0, 0.05) is 35.5 Å². The maximum absolute atomic E-state index is 4.85. The van der Waals surface area contributed by atoms with Crippen molar-refractivity contribution in [2.45, 2.75) is 63.8 Å². The zero-order chi connectivity index (χ0) is 18.9. The highest BCUT2D eigenvalue weighted by Crippen LogP contribution is 2.55. The first-order valence-corrected chi connectivity index (χ1v) is 10.8. The summed E-state index contributed by atoms with van der Waals surface area (Å²) in [6.07, 6.45) is 12.0. The van der Waals surface area contributed by atoms with Crippen LogP contribution in [0.15, 0.2) is 42.5 Å². The van der Waals surface area contributed by atoms with E-state index in [2.05, 4.69) is 72.0 Å². The Labute approximate surface area is 166 Å². The summed E-state index contributed by atoms with van der Waals surface area (Å²) in [5, 5.41) is 0. The Hall–Kier alpha value is -2.55. The lowest BCUT2D eigenvalue weighted by Crippen LogP contribution is -2.42. The second kappa shape index (κ2) is 5.73. The van der Waals surface area contributed by atoms with E-state index in [9.17, 15) is 0 Å². The molecule has 0 unspecified atom stereocenters. The summed E-state index contributed by atoms with van der Waals surface area (Å²) in [6, 6.07) is 14.3. The van der Waals surface area contributed by atoms with Gasteiger partial charge in [0.25, 0.3) is 0 Å². The van der Waals surface area contributed by atoms with Gasteiger partial charge in [0.2, 0.25) is 0 Å². The molecule has 1 spiro atoms. The van der Waals surface area contributed by atoms with Crippen LogP contribution in [0, 0.1) is 6.92 Å². The molecule has 3 nitrogen and oxygen atoms in total. The van der Waals surface area contributed by atoms with Crippen molar-refractivity contribution in [3.05, 3.63) is 59.4 Å². The van der Waals surface area contributed by atoms with Crippen molar-refractivity contribution < 1.29 is 0 Å². The van der Waals surface area contributed by atoms with Gasteiger partial charge < -0.3 is 9.47 Å². The Kier molecular flexibility index (Phi) is 3.36. The highest BCUT2D eigenvalue weighted by molar-refractivity contribution is 5.88. The summed E-state index contributed by atoms with van der Waals surface area (Å²) < 4.78 is 2.27. The zero-order valence-electron chi connectivity index (χ0n) is 16.8. The molecule has 1 saturated carbocycles. The number of aromatic nitrogens is 2. The number of para-hydroxylation sites is 1. The van der Waals surface area contributed by atoms with Crippen molar-refractivity contribution >= 4 is 28.6 Å². The van der Waals surface area contributed by atoms with Crippen molar-refractivity contribution in [3.63, 3.8) is 0 Å². The van der Waals surface area contributed by atoms with Crippen molar-refractivity contribution in [2.75, 3.05) is 4.90 Å². The molecule has 3 heteroatoms. The molecule has 0 bridgehead atoms. The van der Waals surface area contributed by atoms with Crippen LogP contribution in [0.1, 0.15) is 56.0 Å². The molecule has 0 amide bonds. The molecule has 1 fully saturated rings. The van der Waals surface area contributed by atoms with Crippen LogP contribution in [0.2, 0.25) is 0 Å². The Morgan fingerprint density at radius 2 is 1.86 bits per heavy atom. The van der Waals surface area contributed by atoms with Gasteiger partial charge >= 0.3 is 0 Å². The monoisotopic (exact) mass is 369 g/mol. The van der Waals surface area contributed by atoms with Crippen LogP contribution in [0.4, 0.5) is 11.4 Å². The second-order valence-corrected chi connectivity index (χ2v) is 8.89. The molecular formula is C25H27N3. The highest BCUT2D eigenvalue weighted by Gasteiger charge is 2.49. The van der Waals surface area contributed by atoms with Gasteiger partial charge in [0.05, 0.1) is 11.0 Å². The third kappa shape index (κ3) is 2.02. The molecule has 2 aliphatic heterocycles. The Bertz CT molecular complexity index is 1110. The van der Waals surface area contributed by atoms with Crippen LogP contribution >= 0.6 is 0 Å². The number of imidazole rings is 1. The SMILES string of the molecule is Cc1cc2nc3n(c2cc1N1c2ccccc2C2(CCCCC2)[C@@H]1C)C=CC3. The second-order valence-electron chi connectivity index (χ2n) is 8.89. The van der Waals surface area contributed by atoms with E-state index in [1.165, 1.54) is 54.6 Å². The standard InChI is InChI=1S/C25H27N3/c1-17-15-20-23(27-14-8-11-24(27)26-20)16-22(17)28-18(2)25(12-6-3-7-13-25)19-9-4-5-10-21(19)28/h4-5,8-10,14-16,18H,3,6-7,11-13H2,1-2H3/t18-/m0/s1. The van der Waals surface area contributed by atoms with Gasteiger partial charge in [-0.3, -0.25) is 0 Å². The van der Waals surface area contributed by atoms with Crippen LogP contribution in [-0.4, -0.2) is 15.6 Å². The van der Waals surface area contributed by atoms with Crippen LogP contribution in [0.5, 0.6) is 0 Å². The predicted octanol–water partition coefficient (Wildman–Crippen LogP) is 6.11. The van der Waals surface area contributed by atoms with Crippen LogP contribution < -0.4 is 4.90 Å². The maximum Gasteiger partial charge on any atom is 0.117 e. The van der Waals surface area contributed by atoms with Gasteiger partial charge in [0.15, 0.2) is 0 Å². The summed E-state index contributed by atoms with van der Waals surface area (Å²) in [5.74, 6) is 1.16. The number of benzene rings is 2. The number of hydrogen-bond donors (Lipinski definition) is 0. The minimum absolute atomic E-state index is 0.301. The molecule has 1 aliphatic carbocycles. The molecule has 3 heterocycles. The highest BCUT2D eigenvalue weighted by atomic mass is 15.2. The summed E-state index contributed by atoms with van der Waals surface area (Å²) >= 11 is 0. The van der Waals surface area contributed by atoms with Gasteiger partial charge in [-0.15, -0.1) is 0 Å². The number of allylic oxidation sites excluding steroid dienone is 1. The molecule has 3 aromatic rings. The lowest BCUT2D eigenvalue weighted by Gasteiger charge is -2.40. The van der Waals surface area contributed by atoms with Gasteiger partial charge in [0.1, 0.15) is 5.82 Å². The maximum atomic E-state index is 4.85. The number of anilines is 2. The minimum atomic E-state index is 0.301. The van der Waals surface area contributed by atoms with E-state index in [0.717, 1.165) is 17.8 Å². The first kappa shape index (κ1) is 16.4. The van der Waals surface area contributed by atoms with Crippen molar-refractivity contribution in [2.24, 2.45) is 0 Å². The fraction of sp³-hybridized carbons (Fsp3) is 0.400. The van der Waals surface area contributed by atoms with E-state index in [1.807, 2.05) is 0 Å². The van der Waals surface area contributed by atoms with Crippen molar-refractivity contribution in [3.8, 4) is 0 Å². The van der Waals surface area contributed by atoms with Crippen LogP contribution in [0.25, 0.3) is 17.2 Å². The molecular weight excluding hydrogens is 342 g/mol.